The zero-order valence-corrected chi connectivity index (χ0v) is 14.5. The summed E-state index contributed by atoms with van der Waals surface area (Å²) in [5.41, 5.74) is 0.974. The van der Waals surface area contributed by atoms with Crippen molar-refractivity contribution in [3.63, 3.8) is 0 Å². The summed E-state index contributed by atoms with van der Waals surface area (Å²) in [6.07, 6.45) is 0.778. The lowest BCUT2D eigenvalue weighted by atomic mass is 10.1. The van der Waals surface area contributed by atoms with Crippen LogP contribution in [0.2, 0.25) is 0 Å². The van der Waals surface area contributed by atoms with Crippen molar-refractivity contribution in [2.75, 3.05) is 46.5 Å². The van der Waals surface area contributed by atoms with Gasteiger partial charge in [-0.05, 0) is 24.6 Å². The molecule has 0 N–H and O–H groups in total. The molecule has 1 aliphatic rings. The van der Waals surface area contributed by atoms with Gasteiger partial charge in [0.1, 0.15) is 5.75 Å². The second-order valence-corrected chi connectivity index (χ2v) is 5.76. The molecule has 2 rings (SSSR count). The quantitative estimate of drug-likeness (QED) is 0.755. The van der Waals surface area contributed by atoms with Crippen molar-refractivity contribution >= 4 is 11.8 Å². The number of ether oxygens (including phenoxy) is 2. The Labute approximate surface area is 143 Å². The maximum Gasteiger partial charge on any atom is 0.227 e. The average Bonchev–Trinajstić information content (AvgIpc) is 2.61. The van der Waals surface area contributed by atoms with Gasteiger partial charge in [0.25, 0.3) is 0 Å². The first-order valence-corrected chi connectivity index (χ1v) is 8.40. The Bertz CT molecular complexity index is 536. The standard InChI is InChI=1S/C18H26N2O4/c1-3-24-16-6-4-15(5-7-16)14-18(22)20-11-9-19(10-12-20)17(21)8-13-23-2/h4-7H,3,8-14H2,1-2H3. The van der Waals surface area contributed by atoms with Crippen LogP contribution in [0.1, 0.15) is 18.9 Å². The third-order valence-electron chi connectivity index (χ3n) is 4.09. The van der Waals surface area contributed by atoms with Crippen LogP contribution in [0.15, 0.2) is 24.3 Å². The summed E-state index contributed by atoms with van der Waals surface area (Å²) in [6.45, 7) is 5.39. The van der Waals surface area contributed by atoms with E-state index in [9.17, 15) is 9.59 Å². The molecule has 1 aromatic rings. The molecule has 0 aliphatic carbocycles. The Morgan fingerprint density at radius 1 is 1.00 bits per heavy atom. The fourth-order valence-electron chi connectivity index (χ4n) is 2.71. The number of carbonyl (C=O) groups is 2. The van der Waals surface area contributed by atoms with Crippen molar-refractivity contribution in [2.24, 2.45) is 0 Å². The van der Waals surface area contributed by atoms with Crippen molar-refractivity contribution in [3.05, 3.63) is 29.8 Å². The van der Waals surface area contributed by atoms with E-state index in [1.165, 1.54) is 0 Å². The monoisotopic (exact) mass is 334 g/mol. The predicted octanol–water partition coefficient (Wildman–Crippen LogP) is 1.34. The molecule has 0 atom stereocenters. The lowest BCUT2D eigenvalue weighted by molar-refractivity contribution is -0.139. The molecule has 0 bridgehead atoms. The van der Waals surface area contributed by atoms with Crippen LogP contribution in [0.4, 0.5) is 0 Å². The van der Waals surface area contributed by atoms with Crippen molar-refractivity contribution in [1.29, 1.82) is 0 Å². The highest BCUT2D eigenvalue weighted by Gasteiger charge is 2.23. The number of hydrogen-bond donors (Lipinski definition) is 0. The van der Waals surface area contributed by atoms with E-state index in [0.717, 1.165) is 11.3 Å². The molecule has 0 aromatic heterocycles. The fraction of sp³-hybridized carbons (Fsp3) is 0.556. The van der Waals surface area contributed by atoms with Gasteiger partial charge in [-0.1, -0.05) is 12.1 Å². The molecule has 0 spiro atoms. The number of nitrogens with zero attached hydrogens (tertiary/aromatic N) is 2. The minimum atomic E-state index is 0.0930. The van der Waals surface area contributed by atoms with E-state index in [4.69, 9.17) is 9.47 Å². The van der Waals surface area contributed by atoms with Crippen LogP contribution in [0, 0.1) is 0 Å². The first-order valence-electron chi connectivity index (χ1n) is 8.40. The molecule has 2 amide bonds. The number of amides is 2. The molecule has 0 unspecified atom stereocenters. The summed E-state index contributed by atoms with van der Waals surface area (Å²) in [5, 5.41) is 0. The summed E-state index contributed by atoms with van der Waals surface area (Å²) in [6, 6.07) is 7.62. The van der Waals surface area contributed by atoms with Crippen LogP contribution in [0.25, 0.3) is 0 Å². The summed E-state index contributed by atoms with van der Waals surface area (Å²) < 4.78 is 10.3. The lowest BCUT2D eigenvalue weighted by Crippen LogP contribution is -2.51. The van der Waals surface area contributed by atoms with Gasteiger partial charge < -0.3 is 19.3 Å². The summed E-state index contributed by atoms with van der Waals surface area (Å²) in [4.78, 5) is 28.0. The zero-order chi connectivity index (χ0) is 17.4. The Balaban J connectivity index is 1.79. The van der Waals surface area contributed by atoms with E-state index in [1.54, 1.807) is 12.0 Å². The molecule has 24 heavy (non-hydrogen) atoms. The number of methoxy groups -OCH3 is 1. The molecule has 1 saturated heterocycles. The predicted molar refractivity (Wildman–Crippen MR) is 91.0 cm³/mol. The second-order valence-electron chi connectivity index (χ2n) is 5.76. The van der Waals surface area contributed by atoms with Gasteiger partial charge in [0.15, 0.2) is 0 Å². The van der Waals surface area contributed by atoms with Gasteiger partial charge in [0.05, 0.1) is 26.1 Å². The highest BCUT2D eigenvalue weighted by atomic mass is 16.5. The van der Waals surface area contributed by atoms with Crippen LogP contribution in [0.3, 0.4) is 0 Å². The van der Waals surface area contributed by atoms with E-state index in [1.807, 2.05) is 36.1 Å². The number of carbonyl (C=O) groups excluding carboxylic acids is 2. The van der Waals surface area contributed by atoms with Gasteiger partial charge >= 0.3 is 0 Å². The van der Waals surface area contributed by atoms with Crippen LogP contribution < -0.4 is 4.74 Å². The summed E-state index contributed by atoms with van der Waals surface area (Å²) in [7, 11) is 1.59. The van der Waals surface area contributed by atoms with Crippen molar-refractivity contribution in [1.82, 2.24) is 9.80 Å². The maximum atomic E-state index is 12.4. The third-order valence-corrected chi connectivity index (χ3v) is 4.09. The molecular formula is C18H26N2O4. The lowest BCUT2D eigenvalue weighted by Gasteiger charge is -2.35. The van der Waals surface area contributed by atoms with E-state index in [2.05, 4.69) is 0 Å². The van der Waals surface area contributed by atoms with E-state index < -0.39 is 0 Å². The molecule has 0 radical (unpaired) electrons. The third kappa shape index (κ3) is 5.23. The van der Waals surface area contributed by atoms with E-state index in [0.29, 0.717) is 52.2 Å². The molecule has 1 aromatic carbocycles. The molecule has 132 valence electrons. The van der Waals surface area contributed by atoms with Crippen LogP contribution >= 0.6 is 0 Å². The number of piperazine rings is 1. The topological polar surface area (TPSA) is 59.1 Å². The number of rotatable bonds is 7. The molecule has 6 nitrogen and oxygen atoms in total. The van der Waals surface area contributed by atoms with Crippen molar-refractivity contribution in [3.8, 4) is 5.75 Å². The normalized spacial score (nSPS) is 14.6. The number of benzene rings is 1. The summed E-state index contributed by atoms with van der Waals surface area (Å²) >= 11 is 0. The van der Waals surface area contributed by atoms with Crippen LogP contribution in [-0.4, -0.2) is 68.1 Å². The minimum absolute atomic E-state index is 0.0930. The first kappa shape index (κ1) is 18.3. The highest BCUT2D eigenvalue weighted by Crippen LogP contribution is 2.14. The fourth-order valence-corrected chi connectivity index (χ4v) is 2.71. The van der Waals surface area contributed by atoms with Crippen molar-refractivity contribution < 1.29 is 19.1 Å². The molecule has 6 heteroatoms. The average molecular weight is 334 g/mol. The largest absolute Gasteiger partial charge is 0.494 e. The van der Waals surface area contributed by atoms with Crippen LogP contribution in [0.5, 0.6) is 5.75 Å². The van der Waals surface area contributed by atoms with Crippen LogP contribution in [-0.2, 0) is 20.7 Å². The minimum Gasteiger partial charge on any atom is -0.494 e. The smallest absolute Gasteiger partial charge is 0.227 e. The van der Waals surface area contributed by atoms with Gasteiger partial charge in [-0.2, -0.15) is 0 Å². The SMILES string of the molecule is CCOc1ccc(CC(=O)N2CCN(C(=O)CCOC)CC2)cc1. The second kappa shape index (κ2) is 9.27. The van der Waals surface area contributed by atoms with Gasteiger partial charge in [-0.15, -0.1) is 0 Å². The Hall–Kier alpha value is -2.08. The van der Waals surface area contributed by atoms with Gasteiger partial charge in [0, 0.05) is 33.3 Å². The maximum absolute atomic E-state index is 12.4. The molecule has 0 saturated carbocycles. The van der Waals surface area contributed by atoms with Gasteiger partial charge in [-0.3, -0.25) is 9.59 Å². The van der Waals surface area contributed by atoms with E-state index >= 15 is 0 Å². The zero-order valence-electron chi connectivity index (χ0n) is 14.5. The molecular weight excluding hydrogens is 308 g/mol. The van der Waals surface area contributed by atoms with E-state index in [-0.39, 0.29) is 11.8 Å². The molecule has 1 aliphatic heterocycles. The Morgan fingerprint density at radius 2 is 1.58 bits per heavy atom. The Morgan fingerprint density at radius 3 is 2.12 bits per heavy atom. The van der Waals surface area contributed by atoms with Gasteiger partial charge in [0.2, 0.25) is 11.8 Å². The molecule has 1 fully saturated rings. The Kier molecular flexibility index (Phi) is 7.06. The highest BCUT2D eigenvalue weighted by molar-refractivity contribution is 5.80. The summed E-state index contributed by atoms with van der Waals surface area (Å²) in [5.74, 6) is 1.01. The van der Waals surface area contributed by atoms with Gasteiger partial charge in [-0.25, -0.2) is 0 Å². The molecule has 1 heterocycles. The van der Waals surface area contributed by atoms with Crippen molar-refractivity contribution in [2.45, 2.75) is 19.8 Å². The number of hydrogen-bond acceptors (Lipinski definition) is 4. The first-order chi connectivity index (χ1) is 11.6.